The van der Waals surface area contributed by atoms with Crippen LogP contribution in [0, 0.1) is 0 Å². The van der Waals surface area contributed by atoms with E-state index >= 15 is 0 Å². The molecule has 0 aliphatic heterocycles. The summed E-state index contributed by atoms with van der Waals surface area (Å²) in [6, 6.07) is 9.35. The maximum absolute atomic E-state index is 12.9. The molecule has 0 atom stereocenters. The van der Waals surface area contributed by atoms with Gasteiger partial charge in [-0.3, -0.25) is 25.0 Å². The van der Waals surface area contributed by atoms with Gasteiger partial charge >= 0.3 is 0 Å². The first-order chi connectivity index (χ1) is 15.5. The van der Waals surface area contributed by atoms with Gasteiger partial charge in [0.25, 0.3) is 11.5 Å². The molecule has 0 saturated heterocycles. The monoisotopic (exact) mass is 470 g/mol. The normalized spacial score (nSPS) is 10.8. The van der Waals surface area contributed by atoms with Gasteiger partial charge in [-0.2, -0.15) is 0 Å². The van der Waals surface area contributed by atoms with Crippen molar-refractivity contribution < 1.29 is 14.3 Å². The highest BCUT2D eigenvalue weighted by atomic mass is 35.5. The van der Waals surface area contributed by atoms with Crippen molar-refractivity contribution >= 4 is 40.1 Å². The number of hydrogen-bond donors (Lipinski definition) is 1. The second kappa shape index (κ2) is 8.86. The first-order valence-corrected chi connectivity index (χ1v) is 10.0. The fourth-order valence-corrected chi connectivity index (χ4v) is 3.96. The molecule has 1 amide bonds. The van der Waals surface area contributed by atoms with Crippen molar-refractivity contribution in [3.63, 3.8) is 0 Å². The van der Waals surface area contributed by atoms with Crippen molar-refractivity contribution in [2.24, 2.45) is 0 Å². The maximum Gasteiger partial charge on any atom is 0.272 e. The molecular weight excluding hydrogens is 455 g/mol. The van der Waals surface area contributed by atoms with E-state index in [0.29, 0.717) is 33.7 Å². The van der Waals surface area contributed by atoms with Crippen molar-refractivity contribution in [2.75, 3.05) is 19.6 Å². The number of benzene rings is 2. The Morgan fingerprint density at radius 1 is 0.969 bits per heavy atom. The number of pyridine rings is 1. The highest BCUT2D eigenvalue weighted by Gasteiger charge is 2.23. The van der Waals surface area contributed by atoms with Gasteiger partial charge < -0.3 is 9.47 Å². The number of halogens is 2. The molecule has 0 radical (unpaired) electrons. The smallest absolute Gasteiger partial charge is 0.272 e. The van der Waals surface area contributed by atoms with E-state index in [-0.39, 0.29) is 21.2 Å². The fourth-order valence-electron chi connectivity index (χ4n) is 3.25. The van der Waals surface area contributed by atoms with Crippen molar-refractivity contribution in [3.8, 4) is 22.6 Å². The van der Waals surface area contributed by atoms with Gasteiger partial charge in [-0.25, -0.2) is 4.68 Å². The molecule has 0 spiro atoms. The molecule has 0 bridgehead atoms. The lowest BCUT2D eigenvalue weighted by atomic mass is 9.99. The van der Waals surface area contributed by atoms with Crippen LogP contribution in [0.5, 0.6) is 11.5 Å². The van der Waals surface area contributed by atoms with E-state index in [2.05, 4.69) is 15.4 Å². The summed E-state index contributed by atoms with van der Waals surface area (Å²) >= 11 is 13.1. The van der Waals surface area contributed by atoms with E-state index in [1.807, 2.05) is 0 Å². The molecule has 0 saturated carbocycles. The largest absolute Gasteiger partial charge is 0.495 e. The van der Waals surface area contributed by atoms with Gasteiger partial charge in [-0.05, 0) is 12.1 Å². The number of nitrogens with zero attached hydrogens (tertiary/aromatic N) is 3. The molecule has 162 valence electrons. The topological polar surface area (TPSA) is 95.3 Å². The van der Waals surface area contributed by atoms with Crippen LogP contribution in [0.3, 0.4) is 0 Å². The van der Waals surface area contributed by atoms with Crippen LogP contribution in [0.1, 0.15) is 10.4 Å². The number of methoxy groups -OCH3 is 2. The quantitative estimate of drug-likeness (QED) is 0.470. The predicted octanol–water partition coefficient (Wildman–Crippen LogP) is 4.17. The number of hydrogen-bond acceptors (Lipinski definition) is 6. The Labute approximate surface area is 192 Å². The van der Waals surface area contributed by atoms with Gasteiger partial charge in [-0.1, -0.05) is 35.3 Å². The van der Waals surface area contributed by atoms with Crippen LogP contribution in [-0.2, 0) is 0 Å². The van der Waals surface area contributed by atoms with E-state index in [4.69, 9.17) is 32.7 Å². The van der Waals surface area contributed by atoms with Gasteiger partial charge in [0.15, 0.2) is 0 Å². The van der Waals surface area contributed by atoms with E-state index in [1.54, 1.807) is 30.3 Å². The second-order valence-corrected chi connectivity index (χ2v) is 7.30. The number of aromatic nitrogens is 3. The average molecular weight is 471 g/mol. The summed E-state index contributed by atoms with van der Waals surface area (Å²) in [4.78, 5) is 33.6. The van der Waals surface area contributed by atoms with E-state index in [0.717, 1.165) is 4.68 Å². The Kier molecular flexibility index (Phi) is 5.98. The van der Waals surface area contributed by atoms with Crippen molar-refractivity contribution in [2.45, 2.75) is 0 Å². The molecule has 4 aromatic rings. The van der Waals surface area contributed by atoms with Gasteiger partial charge in [-0.15, -0.1) is 0 Å². The van der Waals surface area contributed by atoms with Gasteiger partial charge in [0.2, 0.25) is 0 Å². The third-order valence-corrected chi connectivity index (χ3v) is 5.51. The van der Waals surface area contributed by atoms with Crippen LogP contribution < -0.4 is 20.5 Å². The molecule has 4 rings (SSSR count). The van der Waals surface area contributed by atoms with E-state index in [9.17, 15) is 9.59 Å². The summed E-state index contributed by atoms with van der Waals surface area (Å²) in [5, 5.41) is 0.525. The standard InChI is InChI=1S/C22H16Cl2N4O4/c1-31-14-11-15(32-2)19(24)17(18(14)23)12-6-7-13(21-20(12)25-8-9-26-21)22(30)27-28-10-4-3-5-16(28)29/h3-11H,1-2H3,(H,27,30). The number of carbonyl (C=O) groups excluding carboxylic acids is 1. The number of fused-ring (bicyclic) bond motifs is 1. The number of amides is 1. The highest BCUT2D eigenvalue weighted by molar-refractivity contribution is 6.41. The molecule has 2 heterocycles. The summed E-state index contributed by atoms with van der Waals surface area (Å²) in [6.07, 6.45) is 4.41. The molecular formula is C22H16Cl2N4O4. The Bertz CT molecular complexity index is 1380. The summed E-state index contributed by atoms with van der Waals surface area (Å²) in [7, 11) is 2.96. The third kappa shape index (κ3) is 3.74. The lowest BCUT2D eigenvalue weighted by molar-refractivity contribution is 0.101. The Morgan fingerprint density at radius 2 is 1.62 bits per heavy atom. The third-order valence-electron chi connectivity index (χ3n) is 4.76. The van der Waals surface area contributed by atoms with Gasteiger partial charge in [0.05, 0.1) is 35.3 Å². The molecule has 0 fully saturated rings. The summed E-state index contributed by atoms with van der Waals surface area (Å²) < 4.78 is 11.8. The van der Waals surface area contributed by atoms with Crippen LogP contribution >= 0.6 is 23.2 Å². The molecule has 10 heteroatoms. The predicted molar refractivity (Wildman–Crippen MR) is 122 cm³/mol. The number of nitrogens with one attached hydrogen (secondary N) is 1. The molecule has 0 aliphatic carbocycles. The molecule has 0 unspecified atom stereocenters. The number of carbonyl (C=O) groups is 1. The molecule has 8 nitrogen and oxygen atoms in total. The maximum atomic E-state index is 12.9. The van der Waals surface area contributed by atoms with Crippen LogP contribution in [0.15, 0.2) is 59.8 Å². The molecule has 2 aromatic carbocycles. The minimum atomic E-state index is -0.532. The van der Waals surface area contributed by atoms with Gasteiger partial charge in [0, 0.05) is 41.9 Å². The zero-order valence-electron chi connectivity index (χ0n) is 16.9. The van der Waals surface area contributed by atoms with Gasteiger partial charge in [0.1, 0.15) is 17.0 Å². The van der Waals surface area contributed by atoms with Crippen molar-refractivity contribution in [3.05, 3.63) is 81.0 Å². The number of rotatable bonds is 5. The summed E-state index contributed by atoms with van der Waals surface area (Å²) in [5.74, 6) is 0.200. The zero-order chi connectivity index (χ0) is 22.8. The molecule has 1 N–H and O–H groups in total. The van der Waals surface area contributed by atoms with Crippen LogP contribution in [-0.4, -0.2) is 34.8 Å². The van der Waals surface area contributed by atoms with Crippen molar-refractivity contribution in [1.82, 2.24) is 14.6 Å². The Morgan fingerprint density at radius 3 is 2.25 bits per heavy atom. The Hall–Kier alpha value is -3.62. The second-order valence-electron chi connectivity index (χ2n) is 6.55. The Balaban J connectivity index is 1.90. The van der Waals surface area contributed by atoms with Crippen molar-refractivity contribution in [1.29, 1.82) is 0 Å². The minimum Gasteiger partial charge on any atom is -0.495 e. The fraction of sp³-hybridized carbons (Fsp3) is 0.0909. The van der Waals surface area contributed by atoms with E-state index < -0.39 is 5.91 Å². The van der Waals surface area contributed by atoms with E-state index in [1.165, 1.54) is 38.9 Å². The first kappa shape index (κ1) is 21.6. The lowest BCUT2D eigenvalue weighted by Gasteiger charge is -2.16. The molecule has 32 heavy (non-hydrogen) atoms. The zero-order valence-corrected chi connectivity index (χ0v) is 18.4. The van der Waals surface area contributed by atoms with Crippen LogP contribution in [0.4, 0.5) is 0 Å². The molecule has 0 aliphatic rings. The molecule has 2 aromatic heterocycles. The SMILES string of the molecule is COc1cc(OC)c(Cl)c(-c2ccc(C(=O)Nn3ccccc3=O)c3nccnc23)c1Cl. The minimum absolute atomic E-state index is 0.217. The number of ether oxygens (including phenoxy) is 2. The van der Waals surface area contributed by atoms with Crippen LogP contribution in [0.25, 0.3) is 22.2 Å². The first-order valence-electron chi connectivity index (χ1n) is 9.29. The lowest BCUT2D eigenvalue weighted by Crippen LogP contribution is -2.32. The highest BCUT2D eigenvalue weighted by Crippen LogP contribution is 2.47. The van der Waals surface area contributed by atoms with Crippen LogP contribution in [0.2, 0.25) is 10.0 Å². The summed E-state index contributed by atoms with van der Waals surface area (Å²) in [5.41, 5.74) is 4.04. The summed E-state index contributed by atoms with van der Waals surface area (Å²) in [6.45, 7) is 0. The average Bonchev–Trinajstić information content (AvgIpc) is 2.81.